The molecule has 2 N–H and O–H groups in total. The Bertz CT molecular complexity index is 1030. The van der Waals surface area contributed by atoms with Gasteiger partial charge >= 0.3 is 0 Å². The van der Waals surface area contributed by atoms with Crippen molar-refractivity contribution in [2.75, 3.05) is 12.4 Å². The Labute approximate surface area is 164 Å². The van der Waals surface area contributed by atoms with E-state index in [4.69, 9.17) is 0 Å². The molecule has 1 aromatic heterocycles. The molecule has 138 valence electrons. The third kappa shape index (κ3) is 3.90. The maximum absolute atomic E-state index is 12.7. The zero-order chi connectivity index (χ0) is 19.6. The standard InChI is InChI=1S/C19H18BrN5O2/c1-11-9-13(18(26)21-3)7-8-16(11)22-19(27)17-12(2)25(24-23-17)15-6-4-5-14(20)10-15/h4-10H,1-3H3,(H,21,26)(H,22,27). The predicted molar refractivity (Wildman–Crippen MR) is 106 cm³/mol. The molecule has 0 unspecified atom stereocenters. The highest BCUT2D eigenvalue weighted by Crippen LogP contribution is 2.20. The normalized spacial score (nSPS) is 10.5. The Hall–Kier alpha value is -3.00. The zero-order valence-electron chi connectivity index (χ0n) is 15.1. The first kappa shape index (κ1) is 18.8. The van der Waals surface area contributed by atoms with E-state index in [1.807, 2.05) is 31.2 Å². The van der Waals surface area contributed by atoms with Gasteiger partial charge < -0.3 is 10.6 Å². The molecule has 2 amide bonds. The van der Waals surface area contributed by atoms with Crippen molar-refractivity contribution >= 4 is 33.4 Å². The van der Waals surface area contributed by atoms with Gasteiger partial charge in [-0.25, -0.2) is 4.68 Å². The molecule has 0 radical (unpaired) electrons. The molecular formula is C19H18BrN5O2. The molecule has 0 atom stereocenters. The van der Waals surface area contributed by atoms with Crippen LogP contribution in [0.1, 0.15) is 32.1 Å². The van der Waals surface area contributed by atoms with Gasteiger partial charge in [0.2, 0.25) is 0 Å². The van der Waals surface area contributed by atoms with E-state index in [-0.39, 0.29) is 17.5 Å². The molecule has 0 aliphatic rings. The largest absolute Gasteiger partial charge is 0.355 e. The van der Waals surface area contributed by atoms with Gasteiger partial charge in [0.25, 0.3) is 11.8 Å². The number of aromatic nitrogens is 3. The molecule has 0 aliphatic heterocycles. The summed E-state index contributed by atoms with van der Waals surface area (Å²) in [6.45, 7) is 3.62. The molecule has 3 aromatic rings. The Morgan fingerprint density at radius 3 is 2.52 bits per heavy atom. The molecule has 2 aromatic carbocycles. The molecular weight excluding hydrogens is 410 g/mol. The van der Waals surface area contributed by atoms with Crippen molar-refractivity contribution in [1.82, 2.24) is 20.3 Å². The van der Waals surface area contributed by atoms with E-state index in [1.54, 1.807) is 36.9 Å². The summed E-state index contributed by atoms with van der Waals surface area (Å²) in [5.41, 5.74) is 3.60. The number of amides is 2. The molecule has 1 heterocycles. The average molecular weight is 428 g/mol. The Morgan fingerprint density at radius 1 is 1.07 bits per heavy atom. The third-order valence-electron chi connectivity index (χ3n) is 4.13. The van der Waals surface area contributed by atoms with E-state index in [9.17, 15) is 9.59 Å². The van der Waals surface area contributed by atoms with Crippen LogP contribution < -0.4 is 10.6 Å². The number of nitrogens with one attached hydrogen (secondary N) is 2. The molecule has 0 saturated carbocycles. The van der Waals surface area contributed by atoms with Crippen LogP contribution in [-0.2, 0) is 0 Å². The number of hydrogen-bond donors (Lipinski definition) is 2. The maximum Gasteiger partial charge on any atom is 0.278 e. The minimum Gasteiger partial charge on any atom is -0.355 e. The second-order valence-corrected chi connectivity index (χ2v) is 6.89. The van der Waals surface area contributed by atoms with Crippen molar-refractivity contribution < 1.29 is 9.59 Å². The summed E-state index contributed by atoms with van der Waals surface area (Å²) in [7, 11) is 1.57. The molecule has 3 rings (SSSR count). The second-order valence-electron chi connectivity index (χ2n) is 5.98. The molecule has 0 spiro atoms. The van der Waals surface area contributed by atoms with E-state index in [0.29, 0.717) is 16.9 Å². The van der Waals surface area contributed by atoms with Crippen LogP contribution in [0.2, 0.25) is 0 Å². The van der Waals surface area contributed by atoms with Gasteiger partial charge in [0.1, 0.15) is 0 Å². The van der Waals surface area contributed by atoms with E-state index in [2.05, 4.69) is 36.9 Å². The van der Waals surface area contributed by atoms with Gasteiger partial charge in [0.15, 0.2) is 5.69 Å². The number of aryl methyl sites for hydroxylation is 1. The fraction of sp³-hybridized carbons (Fsp3) is 0.158. The van der Waals surface area contributed by atoms with Crippen LogP contribution in [0, 0.1) is 13.8 Å². The van der Waals surface area contributed by atoms with Crippen molar-refractivity contribution in [3.63, 3.8) is 0 Å². The van der Waals surface area contributed by atoms with Gasteiger partial charge in [-0.3, -0.25) is 9.59 Å². The quantitative estimate of drug-likeness (QED) is 0.668. The molecule has 0 saturated heterocycles. The lowest BCUT2D eigenvalue weighted by atomic mass is 10.1. The van der Waals surface area contributed by atoms with Crippen LogP contribution in [0.3, 0.4) is 0 Å². The lowest BCUT2D eigenvalue weighted by molar-refractivity contribution is 0.0962. The molecule has 0 bridgehead atoms. The highest BCUT2D eigenvalue weighted by atomic mass is 79.9. The minimum absolute atomic E-state index is 0.177. The monoisotopic (exact) mass is 427 g/mol. The Balaban J connectivity index is 1.84. The van der Waals surface area contributed by atoms with E-state index in [1.165, 1.54) is 0 Å². The predicted octanol–water partition coefficient (Wildman–Crippen LogP) is 3.26. The number of anilines is 1. The molecule has 8 heteroatoms. The summed E-state index contributed by atoms with van der Waals surface area (Å²) in [6, 6.07) is 12.7. The highest BCUT2D eigenvalue weighted by molar-refractivity contribution is 9.10. The van der Waals surface area contributed by atoms with Crippen LogP contribution >= 0.6 is 15.9 Å². The van der Waals surface area contributed by atoms with Crippen molar-refractivity contribution in [2.45, 2.75) is 13.8 Å². The zero-order valence-corrected chi connectivity index (χ0v) is 16.7. The first-order valence-electron chi connectivity index (χ1n) is 8.23. The number of halogens is 1. The summed E-state index contributed by atoms with van der Waals surface area (Å²) in [5.74, 6) is -0.534. The van der Waals surface area contributed by atoms with E-state index in [0.717, 1.165) is 15.7 Å². The third-order valence-corrected chi connectivity index (χ3v) is 4.62. The van der Waals surface area contributed by atoms with Crippen LogP contribution in [0.4, 0.5) is 5.69 Å². The van der Waals surface area contributed by atoms with Crippen LogP contribution in [0.15, 0.2) is 46.9 Å². The maximum atomic E-state index is 12.7. The topological polar surface area (TPSA) is 88.9 Å². The summed E-state index contributed by atoms with van der Waals surface area (Å²) in [6.07, 6.45) is 0. The Kier molecular flexibility index (Phi) is 5.36. The second kappa shape index (κ2) is 7.71. The minimum atomic E-state index is -0.357. The highest BCUT2D eigenvalue weighted by Gasteiger charge is 2.18. The summed E-state index contributed by atoms with van der Waals surface area (Å²) in [4.78, 5) is 24.4. The SMILES string of the molecule is CNC(=O)c1ccc(NC(=O)c2nnn(-c3cccc(Br)c3)c2C)c(C)c1. The Morgan fingerprint density at radius 2 is 1.85 bits per heavy atom. The molecule has 0 aliphatic carbocycles. The summed E-state index contributed by atoms with van der Waals surface area (Å²) in [5, 5.41) is 13.5. The number of carbonyl (C=O) groups excluding carboxylic acids is 2. The number of rotatable bonds is 4. The van der Waals surface area contributed by atoms with Gasteiger partial charge in [0.05, 0.1) is 11.4 Å². The van der Waals surface area contributed by atoms with Crippen LogP contribution in [0.25, 0.3) is 5.69 Å². The number of nitrogens with zero attached hydrogens (tertiary/aromatic N) is 3. The molecule has 0 fully saturated rings. The number of hydrogen-bond acceptors (Lipinski definition) is 4. The average Bonchev–Trinajstić information content (AvgIpc) is 3.04. The van der Waals surface area contributed by atoms with Crippen LogP contribution in [-0.4, -0.2) is 33.9 Å². The lowest BCUT2D eigenvalue weighted by Gasteiger charge is -2.09. The van der Waals surface area contributed by atoms with Crippen molar-refractivity contribution in [2.24, 2.45) is 0 Å². The van der Waals surface area contributed by atoms with Gasteiger partial charge in [0, 0.05) is 22.8 Å². The van der Waals surface area contributed by atoms with Crippen molar-refractivity contribution in [1.29, 1.82) is 0 Å². The summed E-state index contributed by atoms with van der Waals surface area (Å²) >= 11 is 3.42. The van der Waals surface area contributed by atoms with Crippen molar-refractivity contribution in [3.8, 4) is 5.69 Å². The fourth-order valence-electron chi connectivity index (χ4n) is 2.66. The first-order chi connectivity index (χ1) is 12.9. The van der Waals surface area contributed by atoms with Crippen molar-refractivity contribution in [3.05, 3.63) is 69.5 Å². The fourth-order valence-corrected chi connectivity index (χ4v) is 3.05. The molecule has 27 heavy (non-hydrogen) atoms. The van der Waals surface area contributed by atoms with Crippen LogP contribution in [0.5, 0.6) is 0 Å². The number of benzene rings is 2. The van der Waals surface area contributed by atoms with E-state index < -0.39 is 0 Å². The molecule has 7 nitrogen and oxygen atoms in total. The summed E-state index contributed by atoms with van der Waals surface area (Å²) < 4.78 is 2.52. The number of carbonyl (C=O) groups is 2. The van der Waals surface area contributed by atoms with Gasteiger partial charge in [-0.1, -0.05) is 27.2 Å². The lowest BCUT2D eigenvalue weighted by Crippen LogP contribution is -2.19. The van der Waals surface area contributed by atoms with Gasteiger partial charge in [-0.15, -0.1) is 5.10 Å². The van der Waals surface area contributed by atoms with Gasteiger partial charge in [-0.05, 0) is 55.8 Å². The first-order valence-corrected chi connectivity index (χ1v) is 9.02. The smallest absolute Gasteiger partial charge is 0.278 e. The van der Waals surface area contributed by atoms with Gasteiger partial charge in [-0.2, -0.15) is 0 Å². The van der Waals surface area contributed by atoms with E-state index >= 15 is 0 Å².